The monoisotopic (exact) mass is 492 g/mol. The number of carbonyl (C=O) groups is 1. The van der Waals surface area contributed by atoms with Crippen molar-refractivity contribution in [2.45, 2.75) is 20.1 Å². The van der Waals surface area contributed by atoms with E-state index in [1.807, 2.05) is 49.4 Å². The first-order valence-corrected chi connectivity index (χ1v) is 11.4. The van der Waals surface area contributed by atoms with E-state index in [-0.39, 0.29) is 12.5 Å². The minimum Gasteiger partial charge on any atom is -0.444 e. The number of nitrogens with one attached hydrogen (secondary N) is 1. The summed E-state index contributed by atoms with van der Waals surface area (Å²) >= 11 is 1.37. The van der Waals surface area contributed by atoms with E-state index in [1.165, 1.54) is 11.3 Å². The lowest BCUT2D eigenvalue weighted by molar-refractivity contribution is -0.0528. The minimum atomic E-state index is -2.99. The molecule has 35 heavy (non-hydrogen) atoms. The van der Waals surface area contributed by atoms with Crippen LogP contribution in [0.15, 0.2) is 66.9 Å². The Balaban J connectivity index is 1.45. The third kappa shape index (κ3) is 5.02. The normalized spacial score (nSPS) is 11.2. The molecule has 0 bridgehead atoms. The standard InChI is InChI=1S/C25H18F2N4O3S/c1-14-10-16(21-19(11-14)29-20(12-28-21)34-24(26)27)23-30-17-8-5-9-18(22(17)35-23)31-25(32)33-13-15-6-3-2-4-7-15/h2-12,24H,13H2,1H3,(H,31,32). The number of anilines is 1. The molecule has 0 spiro atoms. The fourth-order valence-corrected chi connectivity index (χ4v) is 4.64. The van der Waals surface area contributed by atoms with Crippen molar-refractivity contribution in [3.8, 4) is 16.5 Å². The summed E-state index contributed by atoms with van der Waals surface area (Å²) in [7, 11) is 0. The molecule has 0 radical (unpaired) electrons. The van der Waals surface area contributed by atoms with Crippen LogP contribution in [0.2, 0.25) is 0 Å². The molecule has 0 fully saturated rings. The number of nitrogens with zero attached hydrogens (tertiary/aromatic N) is 3. The molecule has 0 atom stereocenters. The van der Waals surface area contributed by atoms with E-state index >= 15 is 0 Å². The average molecular weight is 493 g/mol. The van der Waals surface area contributed by atoms with Crippen LogP contribution < -0.4 is 10.1 Å². The van der Waals surface area contributed by atoms with Gasteiger partial charge in [-0.1, -0.05) is 36.4 Å². The summed E-state index contributed by atoms with van der Waals surface area (Å²) in [6.07, 6.45) is 0.589. The van der Waals surface area contributed by atoms with Gasteiger partial charge in [0.05, 0.1) is 33.1 Å². The van der Waals surface area contributed by atoms with Crippen molar-refractivity contribution in [2.75, 3.05) is 5.32 Å². The Labute approximate surface area is 202 Å². The number of hydrogen-bond acceptors (Lipinski definition) is 7. The summed E-state index contributed by atoms with van der Waals surface area (Å²) in [6.45, 7) is -0.962. The molecule has 10 heteroatoms. The maximum atomic E-state index is 12.6. The molecule has 5 rings (SSSR count). The first-order valence-electron chi connectivity index (χ1n) is 10.6. The lowest BCUT2D eigenvalue weighted by Gasteiger charge is -2.08. The van der Waals surface area contributed by atoms with Crippen molar-refractivity contribution >= 4 is 44.4 Å². The van der Waals surface area contributed by atoms with Crippen LogP contribution in [0, 0.1) is 6.92 Å². The van der Waals surface area contributed by atoms with Gasteiger partial charge in [-0.05, 0) is 42.3 Å². The Hall–Kier alpha value is -4.18. The van der Waals surface area contributed by atoms with Crippen LogP contribution >= 0.6 is 11.3 Å². The number of halogens is 2. The van der Waals surface area contributed by atoms with Gasteiger partial charge in [0.25, 0.3) is 0 Å². The van der Waals surface area contributed by atoms with E-state index in [0.717, 1.165) is 22.0 Å². The molecular formula is C25H18F2N4O3S. The second kappa shape index (κ2) is 9.59. The third-order valence-electron chi connectivity index (χ3n) is 5.07. The number of ether oxygens (including phenoxy) is 2. The number of hydrogen-bond donors (Lipinski definition) is 1. The Morgan fingerprint density at radius 3 is 2.69 bits per heavy atom. The highest BCUT2D eigenvalue weighted by atomic mass is 32.1. The summed E-state index contributed by atoms with van der Waals surface area (Å²) in [6, 6.07) is 18.5. The molecule has 1 amide bonds. The van der Waals surface area contributed by atoms with Crippen molar-refractivity contribution in [1.82, 2.24) is 15.0 Å². The molecule has 2 heterocycles. The predicted molar refractivity (Wildman–Crippen MR) is 130 cm³/mol. The number of alkyl halides is 2. The largest absolute Gasteiger partial charge is 0.444 e. The molecule has 3 aromatic carbocycles. The van der Waals surface area contributed by atoms with Crippen molar-refractivity contribution in [3.63, 3.8) is 0 Å². The van der Waals surface area contributed by atoms with Crippen molar-refractivity contribution < 1.29 is 23.0 Å². The number of carbonyl (C=O) groups excluding carboxylic acids is 1. The number of benzene rings is 3. The predicted octanol–water partition coefficient (Wildman–Crippen LogP) is 6.57. The number of amides is 1. The zero-order chi connectivity index (χ0) is 24.4. The quantitative estimate of drug-likeness (QED) is 0.289. The van der Waals surface area contributed by atoms with Gasteiger partial charge in [0.2, 0.25) is 5.88 Å². The molecule has 0 aliphatic carbocycles. The summed E-state index contributed by atoms with van der Waals surface area (Å²) < 4.78 is 35.7. The maximum Gasteiger partial charge on any atom is 0.412 e. The summed E-state index contributed by atoms with van der Waals surface area (Å²) in [5.41, 5.74) is 4.63. The van der Waals surface area contributed by atoms with Gasteiger partial charge in [-0.2, -0.15) is 8.78 Å². The van der Waals surface area contributed by atoms with E-state index in [1.54, 1.807) is 18.2 Å². The van der Waals surface area contributed by atoms with Gasteiger partial charge in [0.1, 0.15) is 11.6 Å². The SMILES string of the molecule is Cc1cc(-c2nc3cccc(NC(=O)OCc4ccccc4)c3s2)c2ncc(OC(F)F)nc2c1. The second-order valence-corrected chi connectivity index (χ2v) is 8.63. The van der Waals surface area contributed by atoms with Crippen molar-refractivity contribution in [2.24, 2.45) is 0 Å². The van der Waals surface area contributed by atoms with E-state index < -0.39 is 12.7 Å². The van der Waals surface area contributed by atoms with Crippen LogP contribution in [0.5, 0.6) is 5.88 Å². The smallest absolute Gasteiger partial charge is 0.412 e. The first-order chi connectivity index (χ1) is 17.0. The van der Waals surface area contributed by atoms with Gasteiger partial charge >= 0.3 is 12.7 Å². The second-order valence-electron chi connectivity index (χ2n) is 7.63. The highest BCUT2D eigenvalue weighted by Gasteiger charge is 2.17. The summed E-state index contributed by atoms with van der Waals surface area (Å²) in [5.74, 6) is -0.256. The summed E-state index contributed by atoms with van der Waals surface area (Å²) in [5, 5.41) is 3.44. The lowest BCUT2D eigenvalue weighted by atomic mass is 10.1. The van der Waals surface area contributed by atoms with E-state index in [0.29, 0.717) is 32.8 Å². The fourth-order valence-electron chi connectivity index (χ4n) is 3.59. The van der Waals surface area contributed by atoms with Crippen molar-refractivity contribution in [1.29, 1.82) is 0 Å². The van der Waals surface area contributed by atoms with Gasteiger partial charge in [-0.15, -0.1) is 11.3 Å². The third-order valence-corrected chi connectivity index (χ3v) is 6.21. The van der Waals surface area contributed by atoms with E-state index in [9.17, 15) is 13.6 Å². The van der Waals surface area contributed by atoms with Gasteiger partial charge in [-0.3, -0.25) is 5.32 Å². The highest BCUT2D eigenvalue weighted by Crippen LogP contribution is 2.37. The Kier molecular flexibility index (Phi) is 6.19. The van der Waals surface area contributed by atoms with Crippen LogP contribution in [0.4, 0.5) is 19.3 Å². The van der Waals surface area contributed by atoms with Gasteiger partial charge in [-0.25, -0.2) is 19.7 Å². The Bertz CT molecular complexity index is 1530. The van der Waals surface area contributed by atoms with E-state index in [2.05, 4.69) is 20.0 Å². The van der Waals surface area contributed by atoms with Crippen LogP contribution in [0.1, 0.15) is 11.1 Å². The van der Waals surface area contributed by atoms with Crippen LogP contribution in [0.25, 0.3) is 31.8 Å². The molecule has 2 aromatic heterocycles. The summed E-state index contributed by atoms with van der Waals surface area (Å²) in [4.78, 5) is 25.6. The number of rotatable bonds is 6. The topological polar surface area (TPSA) is 86.2 Å². The van der Waals surface area contributed by atoms with Crippen LogP contribution in [0.3, 0.4) is 0 Å². The van der Waals surface area contributed by atoms with Crippen LogP contribution in [-0.4, -0.2) is 27.7 Å². The number of aryl methyl sites for hydroxylation is 1. The van der Waals surface area contributed by atoms with Crippen molar-refractivity contribution in [3.05, 3.63) is 78.0 Å². The zero-order valence-electron chi connectivity index (χ0n) is 18.4. The maximum absolute atomic E-state index is 12.6. The molecule has 0 saturated carbocycles. The number of fused-ring (bicyclic) bond motifs is 2. The average Bonchev–Trinajstić information content (AvgIpc) is 3.28. The highest BCUT2D eigenvalue weighted by molar-refractivity contribution is 7.22. The Morgan fingerprint density at radius 1 is 1.06 bits per heavy atom. The molecule has 1 N–H and O–H groups in total. The number of thiazole rings is 1. The molecule has 0 aliphatic heterocycles. The van der Waals surface area contributed by atoms with Crippen LogP contribution in [-0.2, 0) is 11.3 Å². The lowest BCUT2D eigenvalue weighted by Crippen LogP contribution is -2.13. The zero-order valence-corrected chi connectivity index (χ0v) is 19.2. The molecule has 0 aliphatic rings. The molecule has 7 nitrogen and oxygen atoms in total. The molecular weight excluding hydrogens is 474 g/mol. The minimum absolute atomic E-state index is 0.155. The molecule has 0 saturated heterocycles. The van der Waals surface area contributed by atoms with Gasteiger partial charge in [0, 0.05) is 5.56 Å². The molecule has 176 valence electrons. The molecule has 0 unspecified atom stereocenters. The van der Waals surface area contributed by atoms with Gasteiger partial charge < -0.3 is 9.47 Å². The van der Waals surface area contributed by atoms with E-state index in [4.69, 9.17) is 9.72 Å². The molecule has 5 aromatic rings. The number of aromatic nitrogens is 3. The Morgan fingerprint density at radius 2 is 1.89 bits per heavy atom. The first kappa shape index (κ1) is 22.6. The van der Waals surface area contributed by atoms with Gasteiger partial charge in [0.15, 0.2) is 0 Å². The fraction of sp³-hybridized carbons (Fsp3) is 0.120.